The molecule has 2 aromatic heterocycles. The van der Waals surface area contributed by atoms with Crippen LogP contribution in [0.2, 0.25) is 0 Å². The Labute approximate surface area is 139 Å². The van der Waals surface area contributed by atoms with Gasteiger partial charge in [0.25, 0.3) is 5.91 Å². The zero-order valence-electron chi connectivity index (χ0n) is 13.3. The summed E-state index contributed by atoms with van der Waals surface area (Å²) in [5.74, 6) is -0.0207. The molecule has 0 aliphatic carbocycles. The molecule has 0 saturated carbocycles. The lowest BCUT2D eigenvalue weighted by Crippen LogP contribution is -2.15. The molecule has 2 heterocycles. The van der Waals surface area contributed by atoms with Gasteiger partial charge in [0.05, 0.1) is 18.8 Å². The number of amides is 1. The Morgan fingerprint density at radius 1 is 1.21 bits per heavy atom. The highest BCUT2D eigenvalue weighted by Gasteiger charge is 2.10. The van der Waals surface area contributed by atoms with Crippen LogP contribution < -0.4 is 11.1 Å². The first-order valence-electron chi connectivity index (χ1n) is 7.58. The standard InChI is InChI=1S/C17H18N6O/c1-12(20-16-8-7-15(17(18)24)21-22-16)14-9-19-23(11-14)10-13-5-3-2-4-6-13/h2-9,11-12H,10H2,1H3,(H2,18,24)(H,20,22). The lowest BCUT2D eigenvalue weighted by molar-refractivity contribution is 0.0994. The molecular formula is C17H18N6O. The van der Waals surface area contributed by atoms with Gasteiger partial charge in [0.2, 0.25) is 0 Å². The quantitative estimate of drug-likeness (QED) is 0.723. The molecule has 1 atom stereocenters. The van der Waals surface area contributed by atoms with Gasteiger partial charge in [-0.3, -0.25) is 9.48 Å². The van der Waals surface area contributed by atoms with Crippen LogP contribution in [-0.4, -0.2) is 25.9 Å². The Morgan fingerprint density at radius 3 is 2.67 bits per heavy atom. The zero-order chi connectivity index (χ0) is 16.9. The molecular weight excluding hydrogens is 304 g/mol. The summed E-state index contributed by atoms with van der Waals surface area (Å²) in [5, 5.41) is 15.3. The first-order valence-corrected chi connectivity index (χ1v) is 7.58. The lowest BCUT2D eigenvalue weighted by Gasteiger charge is -2.12. The van der Waals surface area contributed by atoms with Crippen LogP contribution in [0.1, 0.15) is 34.6 Å². The Balaban J connectivity index is 1.65. The van der Waals surface area contributed by atoms with Crippen LogP contribution in [0.3, 0.4) is 0 Å². The predicted octanol–water partition coefficient (Wildman–Crippen LogP) is 1.99. The van der Waals surface area contributed by atoms with Gasteiger partial charge < -0.3 is 11.1 Å². The molecule has 24 heavy (non-hydrogen) atoms. The van der Waals surface area contributed by atoms with E-state index in [9.17, 15) is 4.79 Å². The van der Waals surface area contributed by atoms with Crippen molar-refractivity contribution in [2.75, 3.05) is 5.32 Å². The fourth-order valence-electron chi connectivity index (χ4n) is 2.31. The topological polar surface area (TPSA) is 98.7 Å². The molecule has 0 fully saturated rings. The third kappa shape index (κ3) is 3.75. The van der Waals surface area contributed by atoms with E-state index in [4.69, 9.17) is 5.73 Å². The Hall–Kier alpha value is -3.22. The molecule has 3 aromatic rings. The van der Waals surface area contributed by atoms with Crippen LogP contribution >= 0.6 is 0 Å². The summed E-state index contributed by atoms with van der Waals surface area (Å²) in [6, 6.07) is 13.4. The van der Waals surface area contributed by atoms with Crippen LogP contribution in [0.25, 0.3) is 0 Å². The van der Waals surface area contributed by atoms with Gasteiger partial charge in [0.1, 0.15) is 5.82 Å². The average Bonchev–Trinajstić information content (AvgIpc) is 3.05. The second kappa shape index (κ2) is 6.91. The van der Waals surface area contributed by atoms with Crippen molar-refractivity contribution in [1.29, 1.82) is 0 Å². The van der Waals surface area contributed by atoms with E-state index in [-0.39, 0.29) is 11.7 Å². The third-order valence-corrected chi connectivity index (χ3v) is 3.62. The van der Waals surface area contributed by atoms with Gasteiger partial charge in [-0.25, -0.2) is 0 Å². The van der Waals surface area contributed by atoms with Crippen LogP contribution in [0.5, 0.6) is 0 Å². The highest BCUT2D eigenvalue weighted by molar-refractivity contribution is 5.90. The Morgan fingerprint density at radius 2 is 2.00 bits per heavy atom. The number of nitrogens with one attached hydrogen (secondary N) is 1. The summed E-state index contributed by atoms with van der Waals surface area (Å²) in [4.78, 5) is 11.0. The van der Waals surface area contributed by atoms with Crippen LogP contribution in [0, 0.1) is 0 Å². The van der Waals surface area contributed by atoms with Gasteiger partial charge in [-0.05, 0) is 24.6 Å². The number of primary amides is 1. The van der Waals surface area contributed by atoms with Crippen LogP contribution in [0.15, 0.2) is 54.9 Å². The average molecular weight is 322 g/mol. The van der Waals surface area contributed by atoms with Crippen LogP contribution in [0.4, 0.5) is 5.82 Å². The largest absolute Gasteiger partial charge is 0.364 e. The molecule has 0 radical (unpaired) electrons. The molecule has 0 saturated heterocycles. The van der Waals surface area contributed by atoms with E-state index in [0.717, 1.165) is 12.1 Å². The number of carbonyl (C=O) groups excluding carboxylic acids is 1. The lowest BCUT2D eigenvalue weighted by atomic mass is 10.2. The van der Waals surface area contributed by atoms with Crippen LogP contribution in [-0.2, 0) is 6.54 Å². The summed E-state index contributed by atoms with van der Waals surface area (Å²) in [6.45, 7) is 2.73. The number of aromatic nitrogens is 4. The number of rotatable bonds is 6. The zero-order valence-corrected chi connectivity index (χ0v) is 13.3. The SMILES string of the molecule is CC(Nc1ccc(C(N)=O)nn1)c1cnn(Cc2ccccc2)c1. The van der Waals surface area contributed by atoms with Gasteiger partial charge in [-0.2, -0.15) is 5.10 Å². The second-order valence-electron chi connectivity index (χ2n) is 5.49. The summed E-state index contributed by atoms with van der Waals surface area (Å²) in [5.41, 5.74) is 7.52. The Kier molecular flexibility index (Phi) is 4.51. The maximum absolute atomic E-state index is 11.0. The first-order chi connectivity index (χ1) is 11.6. The summed E-state index contributed by atoms with van der Waals surface area (Å²) >= 11 is 0. The number of nitrogens with two attached hydrogens (primary N) is 1. The normalized spacial score (nSPS) is 11.9. The molecule has 7 nitrogen and oxygen atoms in total. The smallest absolute Gasteiger partial charge is 0.269 e. The first kappa shape index (κ1) is 15.7. The number of carbonyl (C=O) groups is 1. The summed E-state index contributed by atoms with van der Waals surface area (Å²) in [6.07, 6.45) is 3.82. The van der Waals surface area contributed by atoms with Crippen molar-refractivity contribution in [2.45, 2.75) is 19.5 Å². The fourth-order valence-corrected chi connectivity index (χ4v) is 2.31. The van der Waals surface area contributed by atoms with Gasteiger partial charge in [-0.15, -0.1) is 10.2 Å². The van der Waals surface area contributed by atoms with Gasteiger partial charge in [0, 0.05) is 11.8 Å². The van der Waals surface area contributed by atoms with Gasteiger partial charge in [-0.1, -0.05) is 30.3 Å². The minimum absolute atomic E-state index is 0.00301. The van der Waals surface area contributed by atoms with Crippen molar-refractivity contribution >= 4 is 11.7 Å². The van der Waals surface area contributed by atoms with E-state index in [1.54, 1.807) is 12.1 Å². The maximum Gasteiger partial charge on any atom is 0.269 e. The molecule has 7 heteroatoms. The van der Waals surface area contributed by atoms with Gasteiger partial charge >= 0.3 is 0 Å². The third-order valence-electron chi connectivity index (χ3n) is 3.62. The molecule has 1 amide bonds. The van der Waals surface area contributed by atoms with Crippen molar-refractivity contribution in [2.24, 2.45) is 5.73 Å². The predicted molar refractivity (Wildman–Crippen MR) is 90.4 cm³/mol. The molecule has 3 N–H and O–H groups in total. The number of benzene rings is 1. The summed E-state index contributed by atoms with van der Waals surface area (Å²) < 4.78 is 1.89. The van der Waals surface area contributed by atoms with E-state index in [1.165, 1.54) is 5.56 Å². The minimum atomic E-state index is -0.593. The number of hydrogen-bond acceptors (Lipinski definition) is 5. The van der Waals surface area contributed by atoms with Gasteiger partial charge in [0.15, 0.2) is 5.69 Å². The molecule has 122 valence electrons. The molecule has 0 bridgehead atoms. The number of nitrogens with zero attached hydrogens (tertiary/aromatic N) is 4. The van der Waals surface area contributed by atoms with E-state index >= 15 is 0 Å². The Bertz CT molecular complexity index is 813. The highest BCUT2D eigenvalue weighted by atomic mass is 16.1. The van der Waals surface area contributed by atoms with Crippen molar-refractivity contribution in [3.63, 3.8) is 0 Å². The minimum Gasteiger partial charge on any atom is -0.364 e. The highest BCUT2D eigenvalue weighted by Crippen LogP contribution is 2.17. The van der Waals surface area contributed by atoms with Crippen molar-refractivity contribution in [3.05, 3.63) is 71.7 Å². The van der Waals surface area contributed by atoms with E-state index in [0.29, 0.717) is 5.82 Å². The van der Waals surface area contributed by atoms with Crippen molar-refractivity contribution in [1.82, 2.24) is 20.0 Å². The molecule has 3 rings (SSSR count). The van der Waals surface area contributed by atoms with E-state index in [2.05, 4.69) is 32.7 Å². The molecule has 1 unspecified atom stereocenters. The summed E-state index contributed by atoms with van der Waals surface area (Å²) in [7, 11) is 0. The van der Waals surface area contributed by atoms with E-state index < -0.39 is 5.91 Å². The number of hydrogen-bond donors (Lipinski definition) is 2. The second-order valence-corrected chi connectivity index (χ2v) is 5.49. The van der Waals surface area contributed by atoms with Crippen molar-refractivity contribution < 1.29 is 4.79 Å². The molecule has 0 aliphatic heterocycles. The molecule has 1 aromatic carbocycles. The monoisotopic (exact) mass is 322 g/mol. The molecule has 0 aliphatic rings. The van der Waals surface area contributed by atoms with E-state index in [1.807, 2.05) is 42.2 Å². The number of anilines is 1. The fraction of sp³-hybridized carbons (Fsp3) is 0.176. The maximum atomic E-state index is 11.0. The van der Waals surface area contributed by atoms with Crippen molar-refractivity contribution in [3.8, 4) is 0 Å². The molecule has 0 spiro atoms.